The molecule has 14 heteroatoms. The molecule has 1 N–H and O–H groups in total. The fraction of sp³-hybridized carbons (Fsp3) is 0.180. The van der Waals surface area contributed by atoms with Crippen LogP contribution in [0.4, 0.5) is 27.8 Å². The molecule has 1 saturated heterocycles. The second-order valence-corrected chi connectivity index (χ2v) is 15.1. The van der Waals surface area contributed by atoms with Crippen molar-refractivity contribution in [2.24, 2.45) is 4.99 Å². The molecule has 3 atom stereocenters. The van der Waals surface area contributed by atoms with E-state index in [-0.39, 0.29) is 24.9 Å². The van der Waals surface area contributed by atoms with Gasteiger partial charge in [-0.2, -0.15) is 9.98 Å². The molecule has 2 aliphatic rings. The van der Waals surface area contributed by atoms with E-state index < -0.39 is 41.7 Å². The minimum Gasteiger partial charge on any atom is -0.497 e. The van der Waals surface area contributed by atoms with Gasteiger partial charge in [-0.1, -0.05) is 91.0 Å². The number of aromatic nitrogens is 2. The van der Waals surface area contributed by atoms with Crippen molar-refractivity contribution in [3.05, 3.63) is 185 Å². The molecule has 322 valence electrons. The number of carbonyl (C=O) groups excluding carboxylic acids is 2. The molecule has 1 amide bonds. The van der Waals surface area contributed by atoms with E-state index in [4.69, 9.17) is 33.4 Å². The lowest BCUT2D eigenvalue weighted by Gasteiger charge is -2.37. The first-order chi connectivity index (χ1) is 31.2. The van der Waals surface area contributed by atoms with Crippen LogP contribution >= 0.6 is 0 Å². The Kier molecular flexibility index (Phi) is 11.6. The van der Waals surface area contributed by atoms with Crippen molar-refractivity contribution >= 4 is 51.9 Å². The number of benzene rings is 5. The van der Waals surface area contributed by atoms with Crippen LogP contribution in [-0.2, 0) is 29.3 Å². The van der Waals surface area contributed by atoms with Gasteiger partial charge in [0, 0.05) is 31.0 Å². The molecular weight excluding hydrogens is 815 g/mol. The van der Waals surface area contributed by atoms with Crippen molar-refractivity contribution in [3.8, 4) is 11.5 Å². The highest BCUT2D eigenvalue weighted by molar-refractivity contribution is 6.13. The molecule has 9 rings (SSSR count). The number of para-hydroxylation sites is 2. The summed E-state index contributed by atoms with van der Waals surface area (Å²) in [5.74, 6) is 1.32. The van der Waals surface area contributed by atoms with E-state index >= 15 is 0 Å². The maximum Gasteiger partial charge on any atom is 0.426 e. The number of nitrogens with one attached hydrogen (secondary N) is 1. The fourth-order valence-corrected chi connectivity index (χ4v) is 8.25. The summed E-state index contributed by atoms with van der Waals surface area (Å²) in [7, 11) is 3.23. The Labute approximate surface area is 368 Å². The first-order valence-electron chi connectivity index (χ1n) is 20.6. The van der Waals surface area contributed by atoms with Crippen LogP contribution < -0.4 is 25.2 Å². The number of carbonyl (C=O) groups is 2. The first kappa shape index (κ1) is 41.5. The Balaban J connectivity index is 1.08. The molecule has 1 unspecified atom stereocenters. The third kappa shape index (κ3) is 8.15. The van der Waals surface area contributed by atoms with Crippen molar-refractivity contribution in [3.63, 3.8) is 0 Å². The highest BCUT2D eigenvalue weighted by Crippen LogP contribution is 2.45. The van der Waals surface area contributed by atoms with Gasteiger partial charge >= 0.3 is 18.1 Å². The maximum atomic E-state index is 14.1. The monoisotopic (exact) mass is 857 g/mol. The van der Waals surface area contributed by atoms with Crippen molar-refractivity contribution < 1.29 is 38.0 Å². The normalized spacial score (nSPS) is 16.6. The Morgan fingerprint density at radius 1 is 0.766 bits per heavy atom. The second kappa shape index (κ2) is 17.9. The van der Waals surface area contributed by atoms with E-state index in [2.05, 4.69) is 10.3 Å². The largest absolute Gasteiger partial charge is 0.497 e. The van der Waals surface area contributed by atoms with E-state index in [1.807, 2.05) is 115 Å². The molecule has 0 radical (unpaired) electrons. The van der Waals surface area contributed by atoms with Crippen LogP contribution in [0.1, 0.15) is 36.3 Å². The molecule has 64 heavy (non-hydrogen) atoms. The van der Waals surface area contributed by atoms with E-state index in [1.54, 1.807) is 55.3 Å². The van der Waals surface area contributed by atoms with Gasteiger partial charge in [0.1, 0.15) is 41.4 Å². The SMILES string of the molecule is COc1ccc(C(OC[C@H]2O[C@@H](n3cc4ccc(=O)nc5c4c3N=C(OC(=O)N(c3ccccc3)c3ccccc3)N5)CC2OC(C)=O)(c2ccccc2)c2ccc(OC)cc2)cc1. The topological polar surface area (TPSA) is 152 Å². The highest BCUT2D eigenvalue weighted by atomic mass is 16.6. The molecule has 2 aromatic heterocycles. The summed E-state index contributed by atoms with van der Waals surface area (Å²) >= 11 is 0. The summed E-state index contributed by atoms with van der Waals surface area (Å²) in [5.41, 5.74) is 1.91. The van der Waals surface area contributed by atoms with E-state index in [9.17, 15) is 14.4 Å². The van der Waals surface area contributed by atoms with Crippen LogP contribution in [0.5, 0.6) is 11.5 Å². The second-order valence-electron chi connectivity index (χ2n) is 15.1. The molecule has 4 heterocycles. The molecule has 5 aromatic carbocycles. The number of hydrogen-bond donors (Lipinski definition) is 1. The van der Waals surface area contributed by atoms with E-state index in [0.717, 1.165) is 16.7 Å². The van der Waals surface area contributed by atoms with Crippen LogP contribution in [0, 0.1) is 0 Å². The van der Waals surface area contributed by atoms with Crippen LogP contribution in [0.25, 0.3) is 10.8 Å². The van der Waals surface area contributed by atoms with Crippen LogP contribution in [0.3, 0.4) is 0 Å². The Bertz CT molecular complexity index is 2790. The molecule has 1 fully saturated rings. The van der Waals surface area contributed by atoms with Gasteiger partial charge in [0.15, 0.2) is 5.82 Å². The molecule has 0 bridgehead atoms. The Hall–Kier alpha value is -7.81. The van der Waals surface area contributed by atoms with Crippen LogP contribution in [0.2, 0.25) is 0 Å². The van der Waals surface area contributed by atoms with Crippen molar-refractivity contribution in [2.75, 3.05) is 31.0 Å². The predicted molar refractivity (Wildman–Crippen MR) is 241 cm³/mol. The number of amides is 1. The summed E-state index contributed by atoms with van der Waals surface area (Å²) in [4.78, 5) is 50.1. The van der Waals surface area contributed by atoms with Gasteiger partial charge in [-0.15, -0.1) is 0 Å². The summed E-state index contributed by atoms with van der Waals surface area (Å²) in [6.45, 7) is 1.33. The molecule has 0 saturated carbocycles. The number of amidine groups is 1. The zero-order chi connectivity index (χ0) is 44.2. The highest BCUT2D eigenvalue weighted by Gasteiger charge is 2.44. The molecular formula is C50H43N5O9. The number of ether oxygens (including phenoxy) is 6. The Morgan fingerprint density at radius 2 is 1.33 bits per heavy atom. The van der Waals surface area contributed by atoms with Gasteiger partial charge in [0.05, 0.1) is 37.6 Å². The smallest absolute Gasteiger partial charge is 0.426 e. The molecule has 2 aliphatic heterocycles. The van der Waals surface area contributed by atoms with Crippen LogP contribution in [0.15, 0.2) is 168 Å². The van der Waals surface area contributed by atoms with Gasteiger partial charge in [-0.05, 0) is 71.3 Å². The lowest BCUT2D eigenvalue weighted by Crippen LogP contribution is -2.39. The van der Waals surface area contributed by atoms with Gasteiger partial charge in [0.25, 0.3) is 5.56 Å². The van der Waals surface area contributed by atoms with Crippen molar-refractivity contribution in [1.29, 1.82) is 0 Å². The summed E-state index contributed by atoms with van der Waals surface area (Å²) in [6, 6.07) is 46.1. The lowest BCUT2D eigenvalue weighted by atomic mass is 9.80. The summed E-state index contributed by atoms with van der Waals surface area (Å²) in [6.07, 6.45) is -1.06. The standard InChI is InChI=1S/C50H43N5O9/c1-32(56)62-41-29-44(63-42(41)31-61-50(34-13-7-4-8-14-34,35-20-24-39(59-2)25-21-35)36-22-26-40(60-3)27-23-36)54-30-33-19-28-43(57)51-46-45(33)47(54)53-48(52-46)64-49(58)55(37-15-9-5-10-16-37)38-17-11-6-12-18-38/h4-28,30,41-42,44H,29,31H2,1-3H3,(H,51,52,53,57)/t41?,42-,44-/m1/s1. The number of aliphatic imine (C=N–C) groups is 1. The third-order valence-electron chi connectivity index (χ3n) is 11.2. The molecule has 0 aliphatic carbocycles. The van der Waals surface area contributed by atoms with E-state index in [1.165, 1.54) is 17.9 Å². The van der Waals surface area contributed by atoms with Crippen molar-refractivity contribution in [1.82, 2.24) is 9.55 Å². The number of nitrogens with zero attached hydrogens (tertiary/aromatic N) is 4. The van der Waals surface area contributed by atoms with E-state index in [0.29, 0.717) is 39.5 Å². The van der Waals surface area contributed by atoms with Gasteiger partial charge in [0.2, 0.25) is 0 Å². The first-order valence-corrected chi connectivity index (χ1v) is 20.6. The zero-order valence-electron chi connectivity index (χ0n) is 35.1. The number of hydrogen-bond acceptors (Lipinski definition) is 12. The zero-order valence-corrected chi connectivity index (χ0v) is 35.1. The average Bonchev–Trinajstić information content (AvgIpc) is 3.85. The Morgan fingerprint density at radius 3 is 1.89 bits per heavy atom. The molecule has 14 nitrogen and oxygen atoms in total. The van der Waals surface area contributed by atoms with Crippen molar-refractivity contribution in [2.45, 2.75) is 37.4 Å². The number of rotatable bonds is 12. The summed E-state index contributed by atoms with van der Waals surface area (Å²) in [5, 5.41) is 4.08. The number of anilines is 3. The number of methoxy groups -OCH3 is 2. The predicted octanol–water partition coefficient (Wildman–Crippen LogP) is 9.03. The lowest BCUT2D eigenvalue weighted by molar-refractivity contribution is -0.153. The summed E-state index contributed by atoms with van der Waals surface area (Å²) < 4.78 is 38.7. The minimum absolute atomic E-state index is 0.0265. The van der Waals surface area contributed by atoms with Crippen LogP contribution in [-0.4, -0.2) is 60.7 Å². The average molecular weight is 858 g/mol. The van der Waals surface area contributed by atoms with Gasteiger partial charge in [-0.25, -0.2) is 9.69 Å². The van der Waals surface area contributed by atoms with Gasteiger partial charge < -0.3 is 33.0 Å². The van der Waals surface area contributed by atoms with Gasteiger partial charge in [-0.3, -0.25) is 14.9 Å². The number of esters is 1. The molecule has 0 spiro atoms. The minimum atomic E-state index is -1.18. The fourth-order valence-electron chi connectivity index (χ4n) is 8.25. The maximum absolute atomic E-state index is 14.1. The quantitative estimate of drug-likeness (QED) is 0.0926. The molecule has 7 aromatic rings. The third-order valence-corrected chi connectivity index (χ3v) is 11.2.